The van der Waals surface area contributed by atoms with E-state index in [1.54, 1.807) is 37.3 Å². The summed E-state index contributed by atoms with van der Waals surface area (Å²) in [6.07, 6.45) is -0.650. The Kier molecular flexibility index (Phi) is 7.23. The maximum Gasteiger partial charge on any atom is 0.408 e. The van der Waals surface area contributed by atoms with Gasteiger partial charge in [0, 0.05) is 16.7 Å². The molecule has 0 saturated carbocycles. The molecule has 3 aromatic carbocycles. The number of carbonyl (C=O) groups excluding carboxylic acids is 2. The molecule has 1 aliphatic heterocycles. The minimum absolute atomic E-state index is 0.117. The van der Waals surface area contributed by atoms with E-state index >= 15 is 0 Å². The lowest BCUT2D eigenvalue weighted by Gasteiger charge is -2.47. The number of β-lactam (4-membered cyclic amide) rings is 1. The zero-order valence-corrected chi connectivity index (χ0v) is 19.6. The Morgan fingerprint density at radius 1 is 1.00 bits per heavy atom. The Morgan fingerprint density at radius 2 is 1.74 bits per heavy atom. The van der Waals surface area contributed by atoms with E-state index in [0.29, 0.717) is 23.1 Å². The average molecular weight is 481 g/mol. The first-order valence-corrected chi connectivity index (χ1v) is 11.1. The number of hydrogen-bond acceptors (Lipinski definition) is 5. The molecule has 1 aliphatic rings. The lowest BCUT2D eigenvalue weighted by atomic mass is 9.87. The average Bonchev–Trinajstić information content (AvgIpc) is 2.87. The molecule has 0 spiro atoms. The van der Waals surface area contributed by atoms with Gasteiger partial charge in [-0.3, -0.25) is 4.79 Å². The SMILES string of the molecule is COc1ccc(CN2C(=O)[C@H](NC(=O)OCc3ccccc3)[C@@H]2c2ccc(Cl)cc2)c(OC)c1. The number of nitrogens with one attached hydrogen (secondary N) is 1. The lowest BCUT2D eigenvalue weighted by Crippen LogP contribution is -2.65. The van der Waals surface area contributed by atoms with Gasteiger partial charge in [-0.15, -0.1) is 0 Å². The van der Waals surface area contributed by atoms with Crippen LogP contribution in [0.2, 0.25) is 5.02 Å². The molecule has 7 nitrogen and oxygen atoms in total. The van der Waals surface area contributed by atoms with E-state index in [4.69, 9.17) is 25.8 Å². The summed E-state index contributed by atoms with van der Waals surface area (Å²) in [6, 6.07) is 20.9. The number of carbonyl (C=O) groups is 2. The van der Waals surface area contributed by atoms with E-state index in [1.807, 2.05) is 54.6 Å². The first-order chi connectivity index (χ1) is 16.5. The van der Waals surface area contributed by atoms with Crippen molar-refractivity contribution in [3.8, 4) is 11.5 Å². The third-order valence-corrected chi connectivity index (χ3v) is 5.99. The second-order valence-corrected chi connectivity index (χ2v) is 8.26. The minimum Gasteiger partial charge on any atom is -0.497 e. The number of nitrogens with zero attached hydrogens (tertiary/aromatic N) is 1. The maximum absolute atomic E-state index is 13.1. The monoisotopic (exact) mass is 480 g/mol. The Bertz CT molecular complexity index is 1150. The summed E-state index contributed by atoms with van der Waals surface area (Å²) in [7, 11) is 3.15. The van der Waals surface area contributed by atoms with Crippen LogP contribution in [0.4, 0.5) is 4.79 Å². The van der Waals surface area contributed by atoms with Crippen LogP contribution in [0, 0.1) is 0 Å². The standard InChI is InChI=1S/C26H25ClN2O5/c1-32-21-13-10-19(22(14-21)33-2)15-29-24(18-8-11-20(27)12-9-18)23(25(29)30)28-26(31)34-16-17-6-4-3-5-7-17/h3-14,23-24H,15-16H2,1-2H3,(H,28,31)/t23-,24+/m1/s1. The molecule has 0 bridgehead atoms. The van der Waals surface area contributed by atoms with E-state index in [-0.39, 0.29) is 18.6 Å². The predicted octanol–water partition coefficient (Wildman–Crippen LogP) is 4.74. The zero-order chi connectivity index (χ0) is 24.1. The highest BCUT2D eigenvalue weighted by atomic mass is 35.5. The molecule has 1 fully saturated rings. The van der Waals surface area contributed by atoms with E-state index in [9.17, 15) is 9.59 Å². The molecule has 1 N–H and O–H groups in total. The van der Waals surface area contributed by atoms with Crippen molar-refractivity contribution in [3.63, 3.8) is 0 Å². The van der Waals surface area contributed by atoms with Gasteiger partial charge in [-0.2, -0.15) is 0 Å². The number of hydrogen-bond donors (Lipinski definition) is 1. The van der Waals surface area contributed by atoms with Crippen LogP contribution in [0.1, 0.15) is 22.7 Å². The van der Waals surface area contributed by atoms with E-state index in [2.05, 4.69) is 5.32 Å². The predicted molar refractivity (Wildman–Crippen MR) is 128 cm³/mol. The van der Waals surface area contributed by atoms with Gasteiger partial charge in [-0.25, -0.2) is 4.79 Å². The van der Waals surface area contributed by atoms with Gasteiger partial charge in [0.1, 0.15) is 24.1 Å². The van der Waals surface area contributed by atoms with Crippen molar-refractivity contribution in [1.82, 2.24) is 10.2 Å². The number of ether oxygens (including phenoxy) is 3. The largest absolute Gasteiger partial charge is 0.497 e. The quantitative estimate of drug-likeness (QED) is 0.471. The molecule has 3 aromatic rings. The van der Waals surface area contributed by atoms with Crippen LogP contribution in [0.15, 0.2) is 72.8 Å². The van der Waals surface area contributed by atoms with Crippen molar-refractivity contribution in [2.45, 2.75) is 25.2 Å². The molecule has 2 atom stereocenters. The fraction of sp³-hybridized carbons (Fsp3) is 0.231. The van der Waals surface area contributed by atoms with Crippen LogP contribution in [0.3, 0.4) is 0 Å². The molecule has 176 valence electrons. The molecule has 4 rings (SSSR count). The summed E-state index contributed by atoms with van der Waals surface area (Å²) in [4.78, 5) is 27.3. The van der Waals surface area contributed by atoms with Crippen LogP contribution in [0.5, 0.6) is 11.5 Å². The number of benzene rings is 3. The van der Waals surface area contributed by atoms with Crippen molar-refractivity contribution in [2.75, 3.05) is 14.2 Å². The lowest BCUT2D eigenvalue weighted by molar-refractivity contribution is -0.152. The second-order valence-electron chi connectivity index (χ2n) is 7.82. The fourth-order valence-corrected chi connectivity index (χ4v) is 4.08. The van der Waals surface area contributed by atoms with Crippen LogP contribution in [-0.2, 0) is 22.7 Å². The highest BCUT2D eigenvalue weighted by molar-refractivity contribution is 6.30. The van der Waals surface area contributed by atoms with Crippen molar-refractivity contribution in [2.24, 2.45) is 0 Å². The normalized spacial score (nSPS) is 17.0. The number of alkyl carbamates (subject to hydrolysis) is 1. The highest BCUT2D eigenvalue weighted by Gasteiger charge is 2.49. The van der Waals surface area contributed by atoms with Crippen LogP contribution < -0.4 is 14.8 Å². The van der Waals surface area contributed by atoms with E-state index in [0.717, 1.165) is 16.7 Å². The Hall–Kier alpha value is -3.71. The molecule has 34 heavy (non-hydrogen) atoms. The number of likely N-dealkylation sites (tertiary alicyclic amines) is 1. The molecule has 0 aliphatic carbocycles. The van der Waals surface area contributed by atoms with E-state index < -0.39 is 12.1 Å². The van der Waals surface area contributed by atoms with Gasteiger partial charge >= 0.3 is 6.09 Å². The molecule has 8 heteroatoms. The topological polar surface area (TPSA) is 77.1 Å². The van der Waals surface area contributed by atoms with Crippen molar-refractivity contribution < 1.29 is 23.8 Å². The molecule has 1 saturated heterocycles. The number of rotatable bonds is 8. The van der Waals surface area contributed by atoms with Crippen LogP contribution in [0.25, 0.3) is 0 Å². The number of amides is 2. The molecule has 0 aromatic heterocycles. The summed E-state index contributed by atoms with van der Waals surface area (Å²) < 4.78 is 16.1. The number of halogens is 1. The van der Waals surface area contributed by atoms with E-state index in [1.165, 1.54) is 0 Å². The van der Waals surface area contributed by atoms with Crippen LogP contribution >= 0.6 is 11.6 Å². The van der Waals surface area contributed by atoms with Crippen molar-refractivity contribution >= 4 is 23.6 Å². The smallest absolute Gasteiger partial charge is 0.408 e. The maximum atomic E-state index is 13.1. The molecule has 1 heterocycles. The summed E-state index contributed by atoms with van der Waals surface area (Å²) in [5, 5.41) is 3.31. The summed E-state index contributed by atoms with van der Waals surface area (Å²) in [5.41, 5.74) is 2.53. The first-order valence-electron chi connectivity index (χ1n) is 10.7. The van der Waals surface area contributed by atoms with Crippen molar-refractivity contribution in [1.29, 1.82) is 0 Å². The molecular formula is C26H25ClN2O5. The third-order valence-electron chi connectivity index (χ3n) is 5.73. The van der Waals surface area contributed by atoms with Crippen molar-refractivity contribution in [3.05, 3.63) is 94.5 Å². The van der Waals surface area contributed by atoms with Gasteiger partial charge < -0.3 is 24.4 Å². The molecule has 0 unspecified atom stereocenters. The molecule has 0 radical (unpaired) electrons. The minimum atomic E-state index is -0.756. The summed E-state index contributed by atoms with van der Waals surface area (Å²) in [5.74, 6) is 1.06. The third kappa shape index (κ3) is 5.10. The van der Waals surface area contributed by atoms with Gasteiger partial charge in [0.15, 0.2) is 0 Å². The Balaban J connectivity index is 1.51. The van der Waals surface area contributed by atoms with Crippen LogP contribution in [-0.4, -0.2) is 37.2 Å². The summed E-state index contributed by atoms with van der Waals surface area (Å²) in [6.45, 7) is 0.419. The van der Waals surface area contributed by atoms with Gasteiger partial charge in [-0.1, -0.05) is 54.1 Å². The Labute approximate surface area is 203 Å². The first kappa shape index (κ1) is 23.4. The summed E-state index contributed by atoms with van der Waals surface area (Å²) >= 11 is 6.06. The van der Waals surface area contributed by atoms with Gasteiger partial charge in [0.05, 0.1) is 26.8 Å². The van der Waals surface area contributed by atoms with Gasteiger partial charge in [0.25, 0.3) is 0 Å². The zero-order valence-electron chi connectivity index (χ0n) is 18.9. The van der Waals surface area contributed by atoms with Gasteiger partial charge in [0.2, 0.25) is 5.91 Å². The molecule has 2 amide bonds. The van der Waals surface area contributed by atoms with Gasteiger partial charge in [-0.05, 0) is 35.4 Å². The number of methoxy groups -OCH3 is 2. The highest BCUT2D eigenvalue weighted by Crippen LogP contribution is 2.38. The second kappa shape index (κ2) is 10.5. The fourth-order valence-electron chi connectivity index (χ4n) is 3.96. The molecular weight excluding hydrogens is 456 g/mol. The Morgan fingerprint density at radius 3 is 2.41 bits per heavy atom.